The van der Waals surface area contributed by atoms with Crippen LogP contribution in [0.15, 0.2) is 36.0 Å². The van der Waals surface area contributed by atoms with Gasteiger partial charge in [0.15, 0.2) is 15.9 Å². The van der Waals surface area contributed by atoms with Crippen LogP contribution in [-0.2, 0) is 29.0 Å². The number of hydrogen-bond acceptors (Lipinski definition) is 6. The molecule has 1 aromatic rings. The van der Waals surface area contributed by atoms with Crippen LogP contribution in [0.4, 0.5) is 0 Å². The van der Waals surface area contributed by atoms with Crippen molar-refractivity contribution in [1.82, 2.24) is 10.2 Å². The van der Waals surface area contributed by atoms with E-state index in [1.54, 1.807) is 24.3 Å². The summed E-state index contributed by atoms with van der Waals surface area (Å²) < 4.78 is 28.4. The van der Waals surface area contributed by atoms with Crippen molar-refractivity contribution in [2.24, 2.45) is 0 Å². The third-order valence-electron chi connectivity index (χ3n) is 4.38. The lowest BCUT2D eigenvalue weighted by atomic mass is 10.2. The zero-order valence-corrected chi connectivity index (χ0v) is 16.9. The van der Waals surface area contributed by atoms with Crippen molar-refractivity contribution in [3.05, 3.63) is 41.6 Å². The van der Waals surface area contributed by atoms with Gasteiger partial charge in [-0.25, -0.2) is 13.2 Å². The molecular weight excluding hydrogens is 384 g/mol. The number of rotatable bonds is 6. The Morgan fingerprint density at radius 3 is 2.43 bits per heavy atom. The molecule has 2 rings (SSSR count). The Bertz CT molecular complexity index is 879. The van der Waals surface area contributed by atoms with Crippen LogP contribution in [0.5, 0.6) is 0 Å². The van der Waals surface area contributed by atoms with Crippen molar-refractivity contribution in [3.8, 4) is 0 Å². The van der Waals surface area contributed by atoms with Gasteiger partial charge in [0.2, 0.25) is 5.91 Å². The molecule has 152 valence electrons. The average molecular weight is 408 g/mol. The van der Waals surface area contributed by atoms with Crippen LogP contribution in [0.2, 0.25) is 0 Å². The number of nitrogens with one attached hydrogen (secondary N) is 1. The van der Waals surface area contributed by atoms with Gasteiger partial charge in [-0.2, -0.15) is 0 Å². The number of carbonyl (C=O) groups is 3. The number of likely N-dealkylation sites (N-methyl/N-ethyl adjacent to an activating group) is 1. The molecule has 0 aromatic heterocycles. The quantitative estimate of drug-likeness (QED) is 0.549. The van der Waals surface area contributed by atoms with Gasteiger partial charge in [-0.1, -0.05) is 30.3 Å². The van der Waals surface area contributed by atoms with E-state index in [1.807, 2.05) is 6.07 Å². The van der Waals surface area contributed by atoms with Crippen molar-refractivity contribution in [3.63, 3.8) is 0 Å². The Morgan fingerprint density at radius 2 is 1.89 bits per heavy atom. The minimum Gasteiger partial charge on any atom is -0.448 e. The summed E-state index contributed by atoms with van der Waals surface area (Å²) in [6, 6.07) is 8.43. The molecule has 1 saturated heterocycles. The van der Waals surface area contributed by atoms with Crippen LogP contribution < -0.4 is 5.32 Å². The van der Waals surface area contributed by atoms with Crippen LogP contribution in [0.25, 0.3) is 6.08 Å². The first-order valence-corrected chi connectivity index (χ1v) is 10.6. The molecule has 2 atom stereocenters. The van der Waals surface area contributed by atoms with Crippen LogP contribution >= 0.6 is 0 Å². The number of carbonyl (C=O) groups excluding carboxylic acids is 3. The fourth-order valence-electron chi connectivity index (χ4n) is 2.87. The first kappa shape index (κ1) is 21.6. The molecule has 28 heavy (non-hydrogen) atoms. The molecule has 2 amide bonds. The van der Waals surface area contributed by atoms with Crippen LogP contribution in [0, 0.1) is 0 Å². The van der Waals surface area contributed by atoms with Gasteiger partial charge in [-0.15, -0.1) is 0 Å². The van der Waals surface area contributed by atoms with Gasteiger partial charge in [-0.3, -0.25) is 9.59 Å². The second-order valence-corrected chi connectivity index (χ2v) is 8.93. The average Bonchev–Trinajstić information content (AvgIpc) is 3.00. The fraction of sp³-hybridized carbons (Fsp3) is 0.421. The SMILES string of the molecule is CC(=O)N/C(=C\c1ccccc1)C(=O)O[C@H](C)C(=O)N(C)[C@H]1CCS(=O)(=O)C1. The maximum absolute atomic E-state index is 12.5. The lowest BCUT2D eigenvalue weighted by Gasteiger charge is -2.26. The van der Waals surface area contributed by atoms with E-state index in [4.69, 9.17) is 4.74 Å². The number of hydrogen-bond donors (Lipinski definition) is 1. The van der Waals surface area contributed by atoms with Crippen molar-refractivity contribution in [2.75, 3.05) is 18.6 Å². The number of nitrogens with zero attached hydrogens (tertiary/aromatic N) is 1. The molecule has 1 aliphatic rings. The Morgan fingerprint density at radius 1 is 1.25 bits per heavy atom. The molecular formula is C19H24N2O6S. The maximum atomic E-state index is 12.5. The van der Waals surface area contributed by atoms with Crippen molar-refractivity contribution in [1.29, 1.82) is 0 Å². The zero-order valence-electron chi connectivity index (χ0n) is 16.0. The summed E-state index contributed by atoms with van der Waals surface area (Å²) >= 11 is 0. The molecule has 0 spiro atoms. The third-order valence-corrected chi connectivity index (χ3v) is 6.13. The van der Waals surface area contributed by atoms with Crippen molar-refractivity contribution >= 4 is 33.7 Å². The summed E-state index contributed by atoms with van der Waals surface area (Å²) in [5.41, 5.74) is 0.583. The van der Waals surface area contributed by atoms with Crippen LogP contribution in [0.1, 0.15) is 25.8 Å². The topological polar surface area (TPSA) is 110 Å². The minimum atomic E-state index is -3.14. The first-order valence-electron chi connectivity index (χ1n) is 8.81. The molecule has 0 saturated carbocycles. The standard InChI is InChI=1S/C19H24N2O6S/c1-13(18(23)21(3)16-9-10-28(25,26)12-16)27-19(24)17(20-14(2)22)11-15-7-5-4-6-8-15/h4-8,11,13,16H,9-10,12H2,1-3H3,(H,20,22)/b17-11-/t13-,16+/m1/s1. The van der Waals surface area contributed by atoms with E-state index in [-0.39, 0.29) is 17.2 Å². The normalized spacial score (nSPS) is 19.5. The molecule has 1 N–H and O–H groups in total. The number of benzene rings is 1. The van der Waals surface area contributed by atoms with E-state index in [0.717, 1.165) is 0 Å². The lowest BCUT2D eigenvalue weighted by molar-refractivity contribution is -0.156. The zero-order chi connectivity index (χ0) is 20.9. The van der Waals surface area contributed by atoms with Crippen LogP contribution in [-0.4, -0.2) is 61.8 Å². The molecule has 0 bridgehead atoms. The van der Waals surface area contributed by atoms with Gasteiger partial charge in [-0.05, 0) is 25.0 Å². The van der Waals surface area contributed by atoms with E-state index >= 15 is 0 Å². The molecule has 1 aromatic carbocycles. The van der Waals surface area contributed by atoms with Crippen molar-refractivity contribution in [2.45, 2.75) is 32.4 Å². The number of sulfone groups is 1. The molecule has 1 heterocycles. The maximum Gasteiger partial charge on any atom is 0.355 e. The van der Waals surface area contributed by atoms with E-state index in [9.17, 15) is 22.8 Å². The molecule has 0 unspecified atom stereocenters. The number of ether oxygens (including phenoxy) is 1. The minimum absolute atomic E-state index is 0.0376. The van der Waals surface area contributed by atoms with E-state index in [2.05, 4.69) is 5.32 Å². The van der Waals surface area contributed by atoms with Gasteiger partial charge in [0.1, 0.15) is 5.70 Å². The molecule has 1 aliphatic heterocycles. The summed E-state index contributed by atoms with van der Waals surface area (Å²) in [7, 11) is -1.65. The van der Waals surface area contributed by atoms with Gasteiger partial charge >= 0.3 is 5.97 Å². The third kappa shape index (κ3) is 5.91. The Hall–Kier alpha value is -2.68. The summed E-state index contributed by atoms with van der Waals surface area (Å²) in [4.78, 5) is 37.7. The molecule has 8 nitrogen and oxygen atoms in total. The van der Waals surface area contributed by atoms with E-state index in [1.165, 1.54) is 31.9 Å². The van der Waals surface area contributed by atoms with Gasteiger partial charge in [0.25, 0.3) is 5.91 Å². The van der Waals surface area contributed by atoms with Gasteiger partial charge in [0, 0.05) is 20.0 Å². The van der Waals surface area contributed by atoms with Crippen LogP contribution in [0.3, 0.4) is 0 Å². The molecule has 9 heteroatoms. The summed E-state index contributed by atoms with van der Waals surface area (Å²) in [5, 5.41) is 2.41. The smallest absolute Gasteiger partial charge is 0.355 e. The van der Waals surface area contributed by atoms with Gasteiger partial charge < -0.3 is 15.0 Å². The number of esters is 1. The Kier molecular flexibility index (Phi) is 6.95. The van der Waals surface area contributed by atoms with E-state index in [0.29, 0.717) is 12.0 Å². The molecule has 1 fully saturated rings. The Labute approximate surface area is 164 Å². The monoisotopic (exact) mass is 408 g/mol. The first-order chi connectivity index (χ1) is 13.1. The summed E-state index contributed by atoms with van der Waals surface area (Å²) in [5.74, 6) is -1.87. The highest BCUT2D eigenvalue weighted by molar-refractivity contribution is 7.91. The highest BCUT2D eigenvalue weighted by atomic mass is 32.2. The lowest BCUT2D eigenvalue weighted by Crippen LogP contribution is -2.44. The number of amides is 2. The van der Waals surface area contributed by atoms with Crippen molar-refractivity contribution < 1.29 is 27.5 Å². The van der Waals surface area contributed by atoms with E-state index < -0.39 is 39.8 Å². The Balaban J connectivity index is 2.08. The summed E-state index contributed by atoms with van der Waals surface area (Å²) in [6.07, 6.45) is 0.679. The molecule has 0 radical (unpaired) electrons. The second-order valence-electron chi connectivity index (χ2n) is 6.70. The highest BCUT2D eigenvalue weighted by Gasteiger charge is 2.35. The fourth-order valence-corrected chi connectivity index (χ4v) is 4.65. The largest absolute Gasteiger partial charge is 0.448 e. The summed E-state index contributed by atoms with van der Waals surface area (Å²) in [6.45, 7) is 2.67. The highest BCUT2D eigenvalue weighted by Crippen LogP contribution is 2.18. The van der Waals surface area contributed by atoms with Gasteiger partial charge in [0.05, 0.1) is 11.5 Å². The molecule has 0 aliphatic carbocycles. The predicted octanol–water partition coefficient (Wildman–Crippen LogP) is 0.741. The second kappa shape index (κ2) is 9.01. The predicted molar refractivity (Wildman–Crippen MR) is 104 cm³/mol.